The second-order valence-corrected chi connectivity index (χ2v) is 7.29. The van der Waals surface area contributed by atoms with Gasteiger partial charge < -0.3 is 9.47 Å². The topological polar surface area (TPSA) is 53.4 Å². The summed E-state index contributed by atoms with van der Waals surface area (Å²) in [6, 6.07) is 18.0. The first-order chi connectivity index (χ1) is 13.3. The number of carbonyl (C=O) groups excluding carboxylic acids is 1. The minimum absolute atomic E-state index is 0.164. The van der Waals surface area contributed by atoms with Crippen molar-refractivity contribution in [3.05, 3.63) is 60.8 Å². The highest BCUT2D eigenvalue weighted by Crippen LogP contribution is 2.34. The summed E-state index contributed by atoms with van der Waals surface area (Å²) >= 11 is 1.46. The zero-order valence-electron chi connectivity index (χ0n) is 15.0. The van der Waals surface area contributed by atoms with Gasteiger partial charge in [-0.25, -0.2) is 4.98 Å². The van der Waals surface area contributed by atoms with E-state index in [0.717, 1.165) is 27.9 Å². The number of ether oxygens (including phenoxy) is 2. The van der Waals surface area contributed by atoms with Crippen LogP contribution in [0.4, 0.5) is 0 Å². The second-order valence-electron chi connectivity index (χ2n) is 6.12. The van der Waals surface area contributed by atoms with Crippen LogP contribution in [-0.2, 0) is 9.53 Å². The summed E-state index contributed by atoms with van der Waals surface area (Å²) in [5.74, 6) is 0.665. The lowest BCUT2D eigenvalue weighted by molar-refractivity contribution is -0.137. The number of carbonyl (C=O) groups is 1. The van der Waals surface area contributed by atoms with Crippen LogP contribution >= 0.6 is 11.8 Å². The van der Waals surface area contributed by atoms with Gasteiger partial charge in [-0.15, -0.1) is 0 Å². The maximum absolute atomic E-state index is 11.9. The summed E-state index contributed by atoms with van der Waals surface area (Å²) in [6.45, 7) is 3.07. The van der Waals surface area contributed by atoms with Crippen LogP contribution in [0.3, 0.4) is 0 Å². The Morgan fingerprint density at radius 3 is 2.63 bits per heavy atom. The fourth-order valence-electron chi connectivity index (χ4n) is 3.05. The van der Waals surface area contributed by atoms with Crippen LogP contribution in [0.1, 0.15) is 13.3 Å². The van der Waals surface area contributed by atoms with Gasteiger partial charge in [0.15, 0.2) is 5.16 Å². The number of aromatic nitrogens is 2. The molecule has 1 atom stereocenters. The van der Waals surface area contributed by atoms with Gasteiger partial charge in [0.25, 0.3) is 0 Å². The fourth-order valence-corrected chi connectivity index (χ4v) is 4.11. The third-order valence-electron chi connectivity index (χ3n) is 4.34. The summed E-state index contributed by atoms with van der Waals surface area (Å²) in [5.41, 5.74) is 3.03. The van der Waals surface area contributed by atoms with E-state index >= 15 is 0 Å². The number of benzene rings is 2. The lowest BCUT2D eigenvalue weighted by Gasteiger charge is -2.14. The van der Waals surface area contributed by atoms with Crippen LogP contribution in [0.25, 0.3) is 16.9 Å². The van der Waals surface area contributed by atoms with Crippen LogP contribution in [0, 0.1) is 0 Å². The molecule has 0 bridgehead atoms. The molecule has 0 amide bonds. The number of rotatable bonds is 6. The average molecular weight is 380 g/mol. The van der Waals surface area contributed by atoms with Crippen molar-refractivity contribution in [1.82, 2.24) is 9.55 Å². The van der Waals surface area contributed by atoms with E-state index in [-0.39, 0.29) is 11.2 Å². The molecule has 27 heavy (non-hydrogen) atoms. The first kappa shape index (κ1) is 17.7. The molecule has 0 unspecified atom stereocenters. The molecule has 2 heterocycles. The molecule has 0 aliphatic carbocycles. The van der Waals surface area contributed by atoms with Gasteiger partial charge in [-0.05, 0) is 31.2 Å². The molecule has 1 aromatic heterocycles. The van der Waals surface area contributed by atoms with Crippen LogP contribution in [0.15, 0.2) is 66.0 Å². The van der Waals surface area contributed by atoms with Crippen molar-refractivity contribution in [3.8, 4) is 22.7 Å². The number of cyclic esters (lactones) is 1. The Bertz CT molecular complexity index is 922. The molecule has 0 N–H and O–H groups in total. The molecule has 1 saturated heterocycles. The molecule has 3 aromatic rings. The van der Waals surface area contributed by atoms with Crippen LogP contribution in [0.2, 0.25) is 0 Å². The molecule has 1 aliphatic rings. The summed E-state index contributed by atoms with van der Waals surface area (Å²) in [5, 5.41) is 0.569. The van der Waals surface area contributed by atoms with E-state index in [4.69, 9.17) is 9.47 Å². The van der Waals surface area contributed by atoms with E-state index in [1.165, 1.54) is 11.8 Å². The summed E-state index contributed by atoms with van der Waals surface area (Å²) in [6.07, 6.45) is 2.56. The zero-order chi connectivity index (χ0) is 18.6. The molecule has 0 spiro atoms. The van der Waals surface area contributed by atoms with Crippen LogP contribution in [0.5, 0.6) is 5.75 Å². The van der Waals surface area contributed by atoms with Crippen LogP contribution < -0.4 is 4.74 Å². The van der Waals surface area contributed by atoms with E-state index in [1.54, 1.807) is 0 Å². The molecule has 5 nitrogen and oxygen atoms in total. The highest BCUT2D eigenvalue weighted by Gasteiger charge is 2.30. The highest BCUT2D eigenvalue weighted by molar-refractivity contribution is 8.00. The first-order valence-electron chi connectivity index (χ1n) is 8.96. The van der Waals surface area contributed by atoms with Crippen molar-refractivity contribution in [1.29, 1.82) is 0 Å². The number of thioether (sulfide) groups is 1. The van der Waals surface area contributed by atoms with Gasteiger partial charge in [-0.3, -0.25) is 9.36 Å². The first-order valence-corrected chi connectivity index (χ1v) is 9.84. The van der Waals surface area contributed by atoms with Gasteiger partial charge in [0.2, 0.25) is 0 Å². The highest BCUT2D eigenvalue weighted by atomic mass is 32.2. The maximum atomic E-state index is 11.9. The van der Waals surface area contributed by atoms with Gasteiger partial charge >= 0.3 is 5.97 Å². The summed E-state index contributed by atoms with van der Waals surface area (Å²) in [7, 11) is 0. The second kappa shape index (κ2) is 7.88. The number of hydrogen-bond acceptors (Lipinski definition) is 5. The quantitative estimate of drug-likeness (QED) is 0.595. The third-order valence-corrected chi connectivity index (χ3v) is 5.55. The largest absolute Gasteiger partial charge is 0.494 e. The Kier molecular flexibility index (Phi) is 5.16. The van der Waals surface area contributed by atoms with E-state index < -0.39 is 0 Å². The predicted octanol–water partition coefficient (Wildman–Crippen LogP) is 4.35. The molecule has 0 saturated carbocycles. The Hall–Kier alpha value is -2.73. The molecule has 6 heteroatoms. The Balaban J connectivity index is 1.75. The Morgan fingerprint density at radius 1 is 1.19 bits per heavy atom. The van der Waals surface area contributed by atoms with E-state index in [1.807, 2.05) is 55.6 Å². The van der Waals surface area contributed by atoms with Gasteiger partial charge in [-0.2, -0.15) is 0 Å². The standard InChI is InChI=1S/C21H20N2O3S/c1-2-25-17-10-8-16(9-11-17)23-18(15-6-4-3-5-7-15)14-22-21(23)27-19-12-13-26-20(19)24/h3-11,14,19H,2,12-13H2,1H3/t19-/m0/s1. The third kappa shape index (κ3) is 3.71. The van der Waals surface area contributed by atoms with E-state index in [2.05, 4.69) is 21.7 Å². The number of hydrogen-bond donors (Lipinski definition) is 0. The molecule has 1 aliphatic heterocycles. The smallest absolute Gasteiger partial charge is 0.319 e. The zero-order valence-corrected chi connectivity index (χ0v) is 15.8. The average Bonchev–Trinajstić information content (AvgIpc) is 3.30. The van der Waals surface area contributed by atoms with Crippen molar-refractivity contribution in [2.24, 2.45) is 0 Å². The van der Waals surface area contributed by atoms with Crippen molar-refractivity contribution in [2.45, 2.75) is 23.8 Å². The fraction of sp³-hybridized carbons (Fsp3) is 0.238. The van der Waals surface area contributed by atoms with Crippen molar-refractivity contribution in [3.63, 3.8) is 0 Å². The van der Waals surface area contributed by atoms with E-state index in [9.17, 15) is 4.79 Å². The minimum Gasteiger partial charge on any atom is -0.494 e. The normalized spacial score (nSPS) is 16.3. The molecule has 0 radical (unpaired) electrons. The number of esters is 1. The molecule has 2 aromatic carbocycles. The monoisotopic (exact) mass is 380 g/mol. The number of imidazole rings is 1. The SMILES string of the molecule is CCOc1ccc(-n2c(-c3ccccc3)cnc2S[C@H]2CCOC2=O)cc1. The summed E-state index contributed by atoms with van der Waals surface area (Å²) < 4.78 is 12.7. The van der Waals surface area contributed by atoms with Crippen molar-refractivity contribution in [2.75, 3.05) is 13.2 Å². The van der Waals surface area contributed by atoms with Crippen LogP contribution in [-0.4, -0.2) is 34.0 Å². The lowest BCUT2D eigenvalue weighted by atomic mass is 10.1. The molecular formula is C21H20N2O3S. The molecular weight excluding hydrogens is 360 g/mol. The molecule has 1 fully saturated rings. The van der Waals surface area contributed by atoms with Crippen molar-refractivity contribution >= 4 is 17.7 Å². The summed E-state index contributed by atoms with van der Waals surface area (Å²) in [4.78, 5) is 16.5. The number of nitrogens with zero attached hydrogens (tertiary/aromatic N) is 2. The van der Waals surface area contributed by atoms with E-state index in [0.29, 0.717) is 19.6 Å². The lowest BCUT2D eigenvalue weighted by Crippen LogP contribution is -2.11. The maximum Gasteiger partial charge on any atom is 0.319 e. The predicted molar refractivity (Wildman–Crippen MR) is 105 cm³/mol. The van der Waals surface area contributed by atoms with Crippen molar-refractivity contribution < 1.29 is 14.3 Å². The van der Waals surface area contributed by atoms with Gasteiger partial charge in [0.1, 0.15) is 11.0 Å². The van der Waals surface area contributed by atoms with Gasteiger partial charge in [0.05, 0.1) is 25.1 Å². The molecule has 4 rings (SSSR count). The van der Waals surface area contributed by atoms with Gasteiger partial charge in [0, 0.05) is 17.7 Å². The Labute approximate surface area is 162 Å². The Morgan fingerprint density at radius 2 is 1.96 bits per heavy atom. The molecule has 138 valence electrons. The minimum atomic E-state index is -0.211. The van der Waals surface area contributed by atoms with Gasteiger partial charge in [-0.1, -0.05) is 42.1 Å².